The fraction of sp³-hybridized carbons (Fsp3) is 0.263. The van der Waals surface area contributed by atoms with Crippen molar-refractivity contribution in [3.8, 4) is 0 Å². The largest absolute Gasteiger partial charge is 0.323 e. The van der Waals surface area contributed by atoms with E-state index in [0.717, 1.165) is 39.5 Å². The van der Waals surface area contributed by atoms with E-state index in [1.807, 2.05) is 49.6 Å². The molecule has 2 N–H and O–H groups in total. The lowest BCUT2D eigenvalue weighted by Crippen LogP contribution is -2.25. The predicted octanol–water partition coefficient (Wildman–Crippen LogP) is 4.27. The van der Waals surface area contributed by atoms with Crippen LogP contribution in [0.1, 0.15) is 18.1 Å². The molecule has 0 aliphatic carbocycles. The summed E-state index contributed by atoms with van der Waals surface area (Å²) in [5, 5.41) is 5.83. The number of benzene rings is 2. The predicted molar refractivity (Wildman–Crippen MR) is 104 cm³/mol. The molecule has 0 saturated heterocycles. The maximum absolute atomic E-state index is 12.4. The van der Waals surface area contributed by atoms with E-state index in [9.17, 15) is 9.59 Å². The van der Waals surface area contributed by atoms with Crippen molar-refractivity contribution in [2.24, 2.45) is 0 Å². The highest BCUT2D eigenvalue weighted by Crippen LogP contribution is 2.34. The van der Waals surface area contributed by atoms with Gasteiger partial charge < -0.3 is 15.5 Å². The topological polar surface area (TPSA) is 61.4 Å². The minimum absolute atomic E-state index is 0.0184. The zero-order valence-electron chi connectivity index (χ0n) is 14.6. The molecular formula is C19H21N3O2S. The summed E-state index contributed by atoms with van der Waals surface area (Å²) < 4.78 is 0. The molecule has 0 spiro atoms. The van der Waals surface area contributed by atoms with Crippen molar-refractivity contribution in [3.63, 3.8) is 0 Å². The molecule has 3 amide bonds. The third-order valence-corrected chi connectivity index (χ3v) is 5.29. The van der Waals surface area contributed by atoms with E-state index in [0.29, 0.717) is 6.54 Å². The molecule has 0 aromatic heterocycles. The number of rotatable bonds is 3. The molecule has 0 bridgehead atoms. The van der Waals surface area contributed by atoms with Crippen molar-refractivity contribution in [1.82, 2.24) is 0 Å². The first-order chi connectivity index (χ1) is 12.0. The molecule has 1 heterocycles. The first-order valence-electron chi connectivity index (χ1n) is 8.13. The van der Waals surface area contributed by atoms with Crippen LogP contribution >= 0.6 is 11.8 Å². The molecule has 2 aromatic rings. The molecule has 6 heteroatoms. The quantitative estimate of drug-likeness (QED) is 0.808. The summed E-state index contributed by atoms with van der Waals surface area (Å²) in [5.74, 6) is 0.0184. The van der Waals surface area contributed by atoms with Gasteiger partial charge >= 0.3 is 6.03 Å². The molecule has 1 aliphatic rings. The molecule has 1 aliphatic heterocycles. The minimum Gasteiger partial charge on any atom is -0.312 e. The lowest BCUT2D eigenvalue weighted by molar-refractivity contribution is -0.116. The van der Waals surface area contributed by atoms with Gasteiger partial charge in [-0.3, -0.25) is 4.79 Å². The van der Waals surface area contributed by atoms with Crippen molar-refractivity contribution in [2.45, 2.75) is 25.2 Å². The molecule has 130 valence electrons. The molecule has 5 nitrogen and oxygen atoms in total. The van der Waals surface area contributed by atoms with E-state index < -0.39 is 0 Å². The maximum Gasteiger partial charge on any atom is 0.323 e. The molecule has 3 rings (SSSR count). The summed E-state index contributed by atoms with van der Waals surface area (Å²) >= 11 is 1.65. The summed E-state index contributed by atoms with van der Waals surface area (Å²) in [4.78, 5) is 27.0. The van der Waals surface area contributed by atoms with Crippen LogP contribution in [0, 0.1) is 6.92 Å². The van der Waals surface area contributed by atoms with Gasteiger partial charge in [0.2, 0.25) is 5.91 Å². The molecule has 2 aromatic carbocycles. The van der Waals surface area contributed by atoms with Crippen LogP contribution in [-0.2, 0) is 11.2 Å². The fourth-order valence-electron chi connectivity index (χ4n) is 3.13. The Bertz CT molecular complexity index is 835. The van der Waals surface area contributed by atoms with E-state index >= 15 is 0 Å². The van der Waals surface area contributed by atoms with Gasteiger partial charge in [0.15, 0.2) is 0 Å². The van der Waals surface area contributed by atoms with Crippen molar-refractivity contribution < 1.29 is 9.59 Å². The summed E-state index contributed by atoms with van der Waals surface area (Å²) in [6, 6.07) is 11.2. The Morgan fingerprint density at radius 3 is 2.48 bits per heavy atom. The number of hydrogen-bond donors (Lipinski definition) is 2. The number of nitrogens with one attached hydrogen (secondary N) is 2. The number of nitrogens with zero attached hydrogens (tertiary/aromatic N) is 1. The van der Waals surface area contributed by atoms with Gasteiger partial charge in [0.25, 0.3) is 0 Å². The standard InChI is InChI=1S/C19H21N3O2S/c1-12-15(6-5-9-18(12)25-3)20-19(24)21-16-7-4-8-17-14(16)10-11-22(17)13(2)23/h4-9H,10-11H2,1-3H3,(H2,20,21,24). The molecule has 25 heavy (non-hydrogen) atoms. The van der Waals surface area contributed by atoms with Crippen LogP contribution in [-0.4, -0.2) is 24.7 Å². The highest BCUT2D eigenvalue weighted by Gasteiger charge is 2.24. The Balaban J connectivity index is 1.78. The van der Waals surface area contributed by atoms with Crippen LogP contribution in [0.4, 0.5) is 21.9 Å². The van der Waals surface area contributed by atoms with Gasteiger partial charge in [-0.05, 0) is 49.4 Å². The van der Waals surface area contributed by atoms with Gasteiger partial charge in [-0.15, -0.1) is 11.8 Å². The number of thioether (sulfide) groups is 1. The highest BCUT2D eigenvalue weighted by molar-refractivity contribution is 7.98. The zero-order chi connectivity index (χ0) is 18.0. The van der Waals surface area contributed by atoms with Gasteiger partial charge in [0, 0.05) is 41.0 Å². The highest BCUT2D eigenvalue weighted by atomic mass is 32.2. The minimum atomic E-state index is -0.281. The fourth-order valence-corrected chi connectivity index (χ4v) is 3.76. The van der Waals surface area contributed by atoms with Gasteiger partial charge in [0.05, 0.1) is 0 Å². The van der Waals surface area contributed by atoms with Crippen LogP contribution < -0.4 is 15.5 Å². The molecule has 0 fully saturated rings. The first-order valence-corrected chi connectivity index (χ1v) is 9.35. The number of carbonyl (C=O) groups excluding carboxylic acids is 2. The number of urea groups is 1. The number of fused-ring (bicyclic) bond motifs is 1. The summed E-state index contributed by atoms with van der Waals surface area (Å²) in [7, 11) is 0. The second-order valence-electron chi connectivity index (χ2n) is 5.94. The Hall–Kier alpha value is -2.47. The summed E-state index contributed by atoms with van der Waals surface area (Å²) in [6.07, 6.45) is 2.76. The van der Waals surface area contributed by atoms with Crippen LogP contribution in [0.15, 0.2) is 41.3 Å². The second-order valence-corrected chi connectivity index (χ2v) is 6.78. The molecule has 0 atom stereocenters. The van der Waals surface area contributed by atoms with Gasteiger partial charge in [0.1, 0.15) is 0 Å². The van der Waals surface area contributed by atoms with Crippen LogP contribution in [0.5, 0.6) is 0 Å². The van der Waals surface area contributed by atoms with Crippen LogP contribution in [0.3, 0.4) is 0 Å². The second kappa shape index (κ2) is 7.19. The molecule has 0 radical (unpaired) electrons. The molecular weight excluding hydrogens is 334 g/mol. The average molecular weight is 355 g/mol. The van der Waals surface area contributed by atoms with Gasteiger partial charge in [-0.1, -0.05) is 12.1 Å². The van der Waals surface area contributed by atoms with E-state index in [-0.39, 0.29) is 11.9 Å². The third-order valence-electron chi connectivity index (χ3n) is 4.41. The zero-order valence-corrected chi connectivity index (χ0v) is 15.4. The normalized spacial score (nSPS) is 12.7. The summed E-state index contributed by atoms with van der Waals surface area (Å²) in [5.41, 5.74) is 4.47. The van der Waals surface area contributed by atoms with E-state index in [1.54, 1.807) is 23.6 Å². The van der Waals surface area contributed by atoms with Crippen LogP contribution in [0.25, 0.3) is 0 Å². The monoisotopic (exact) mass is 355 g/mol. The van der Waals surface area contributed by atoms with E-state index in [4.69, 9.17) is 0 Å². The number of hydrogen-bond acceptors (Lipinski definition) is 3. The number of amides is 3. The van der Waals surface area contributed by atoms with Gasteiger partial charge in [-0.25, -0.2) is 4.79 Å². The third kappa shape index (κ3) is 3.49. The Labute approximate surface area is 151 Å². The summed E-state index contributed by atoms with van der Waals surface area (Å²) in [6.45, 7) is 4.20. The van der Waals surface area contributed by atoms with Crippen molar-refractivity contribution in [3.05, 3.63) is 47.5 Å². The maximum atomic E-state index is 12.4. The average Bonchev–Trinajstić information content (AvgIpc) is 3.02. The Kier molecular flexibility index (Phi) is 4.99. The molecule has 0 unspecified atom stereocenters. The Morgan fingerprint density at radius 1 is 1.08 bits per heavy atom. The number of carbonyl (C=O) groups is 2. The molecule has 0 saturated carbocycles. The number of anilines is 3. The van der Waals surface area contributed by atoms with Crippen molar-refractivity contribution >= 4 is 40.8 Å². The van der Waals surface area contributed by atoms with Crippen molar-refractivity contribution in [1.29, 1.82) is 0 Å². The van der Waals surface area contributed by atoms with Crippen molar-refractivity contribution in [2.75, 3.05) is 28.3 Å². The first kappa shape index (κ1) is 17.4. The Morgan fingerprint density at radius 2 is 1.76 bits per heavy atom. The lowest BCUT2D eigenvalue weighted by Gasteiger charge is -2.16. The lowest BCUT2D eigenvalue weighted by atomic mass is 10.1. The smallest absolute Gasteiger partial charge is 0.312 e. The van der Waals surface area contributed by atoms with Gasteiger partial charge in [-0.2, -0.15) is 0 Å². The van der Waals surface area contributed by atoms with E-state index in [2.05, 4.69) is 10.6 Å². The van der Waals surface area contributed by atoms with Crippen LogP contribution in [0.2, 0.25) is 0 Å². The van der Waals surface area contributed by atoms with E-state index in [1.165, 1.54) is 0 Å². The SMILES string of the molecule is CSc1cccc(NC(=O)Nc2cccc3c2CCN3C(C)=O)c1C.